The minimum absolute atomic E-state index is 0.377. The first-order valence-corrected chi connectivity index (χ1v) is 7.25. The number of hydrogen-bond donors (Lipinski definition) is 1. The van der Waals surface area contributed by atoms with Gasteiger partial charge >= 0.3 is 5.97 Å². The van der Waals surface area contributed by atoms with Crippen molar-refractivity contribution >= 4 is 5.97 Å². The molecular formula is C17H19NO2. The Morgan fingerprint density at radius 3 is 2.75 bits per heavy atom. The van der Waals surface area contributed by atoms with Crippen molar-refractivity contribution in [3.8, 4) is 11.3 Å². The molecule has 104 valence electrons. The number of fused-ring (bicyclic) bond motifs is 1. The molecule has 3 heteroatoms. The zero-order valence-corrected chi connectivity index (χ0v) is 11.7. The molecule has 0 aliphatic heterocycles. The fourth-order valence-corrected chi connectivity index (χ4v) is 3.10. The maximum Gasteiger partial charge on any atom is 0.352 e. The fourth-order valence-electron chi connectivity index (χ4n) is 3.10. The molecule has 1 aromatic heterocycles. The summed E-state index contributed by atoms with van der Waals surface area (Å²) in [6.45, 7) is 2.80. The lowest BCUT2D eigenvalue weighted by atomic mass is 10.0. The Labute approximate surface area is 118 Å². The molecule has 0 radical (unpaired) electrons. The van der Waals surface area contributed by atoms with Crippen LogP contribution in [0.5, 0.6) is 0 Å². The van der Waals surface area contributed by atoms with Gasteiger partial charge in [0.2, 0.25) is 0 Å². The van der Waals surface area contributed by atoms with Gasteiger partial charge in [0.05, 0.1) is 0 Å². The Morgan fingerprint density at radius 2 is 2.00 bits per heavy atom. The molecule has 20 heavy (non-hydrogen) atoms. The Kier molecular flexibility index (Phi) is 3.35. The highest BCUT2D eigenvalue weighted by Crippen LogP contribution is 2.29. The highest BCUT2D eigenvalue weighted by atomic mass is 16.4. The first-order valence-electron chi connectivity index (χ1n) is 7.25. The van der Waals surface area contributed by atoms with Crippen LogP contribution < -0.4 is 0 Å². The van der Waals surface area contributed by atoms with Crippen LogP contribution in [-0.2, 0) is 19.4 Å². The van der Waals surface area contributed by atoms with Crippen molar-refractivity contribution in [2.45, 2.75) is 39.2 Å². The molecule has 1 aromatic carbocycles. The SMILES string of the molecule is CCCn1c(C(=O)O)ccc1-c1ccc2c(c1)CCC2. The predicted octanol–water partition coefficient (Wildman–Crippen LogP) is 3.75. The number of carbonyl (C=O) groups is 1. The second-order valence-corrected chi connectivity index (χ2v) is 5.40. The Hall–Kier alpha value is -2.03. The molecule has 1 aliphatic rings. The number of aryl methyl sites for hydroxylation is 2. The average molecular weight is 269 g/mol. The van der Waals surface area contributed by atoms with Gasteiger partial charge in [-0.05, 0) is 60.6 Å². The monoisotopic (exact) mass is 269 g/mol. The molecule has 0 saturated heterocycles. The van der Waals surface area contributed by atoms with Gasteiger partial charge in [-0.1, -0.05) is 19.1 Å². The molecule has 1 heterocycles. The summed E-state index contributed by atoms with van der Waals surface area (Å²) in [5.41, 5.74) is 5.39. The molecule has 0 spiro atoms. The third kappa shape index (κ3) is 2.13. The minimum Gasteiger partial charge on any atom is -0.477 e. The van der Waals surface area contributed by atoms with E-state index in [1.165, 1.54) is 24.0 Å². The summed E-state index contributed by atoms with van der Waals surface area (Å²) < 4.78 is 1.92. The molecule has 1 N–H and O–H groups in total. The van der Waals surface area contributed by atoms with Crippen molar-refractivity contribution in [2.24, 2.45) is 0 Å². The zero-order valence-electron chi connectivity index (χ0n) is 11.7. The maximum atomic E-state index is 11.3. The number of carboxylic acids is 1. The molecule has 3 nitrogen and oxygen atoms in total. The number of nitrogens with zero attached hydrogens (tertiary/aromatic N) is 1. The van der Waals surface area contributed by atoms with Crippen molar-refractivity contribution < 1.29 is 9.90 Å². The van der Waals surface area contributed by atoms with Gasteiger partial charge in [-0.3, -0.25) is 0 Å². The smallest absolute Gasteiger partial charge is 0.352 e. The van der Waals surface area contributed by atoms with Crippen LogP contribution in [0.1, 0.15) is 41.4 Å². The second-order valence-electron chi connectivity index (χ2n) is 5.40. The zero-order chi connectivity index (χ0) is 14.1. The van der Waals surface area contributed by atoms with Crippen LogP contribution in [0.15, 0.2) is 30.3 Å². The third-order valence-corrected chi connectivity index (χ3v) is 4.04. The largest absolute Gasteiger partial charge is 0.477 e. The quantitative estimate of drug-likeness (QED) is 0.918. The summed E-state index contributed by atoms with van der Waals surface area (Å²) in [6, 6.07) is 10.2. The van der Waals surface area contributed by atoms with E-state index in [-0.39, 0.29) is 0 Å². The average Bonchev–Trinajstić information content (AvgIpc) is 3.04. The van der Waals surface area contributed by atoms with Gasteiger partial charge in [0.15, 0.2) is 0 Å². The Morgan fingerprint density at radius 1 is 1.20 bits per heavy atom. The van der Waals surface area contributed by atoms with E-state index in [0.29, 0.717) is 5.69 Å². The number of hydrogen-bond acceptors (Lipinski definition) is 1. The van der Waals surface area contributed by atoms with E-state index >= 15 is 0 Å². The molecule has 3 rings (SSSR count). The molecule has 2 aromatic rings. The van der Waals surface area contributed by atoms with Crippen LogP contribution >= 0.6 is 0 Å². The Bertz CT molecular complexity index is 655. The summed E-state index contributed by atoms with van der Waals surface area (Å²) >= 11 is 0. The van der Waals surface area contributed by atoms with Gasteiger partial charge in [-0.25, -0.2) is 4.79 Å². The standard InChI is InChI=1S/C17H19NO2/c1-2-10-18-15(8-9-16(18)17(19)20)14-7-6-12-4-3-5-13(12)11-14/h6-9,11H,2-5,10H2,1H3,(H,19,20). The second kappa shape index (κ2) is 5.16. The summed E-state index contributed by atoms with van der Waals surface area (Å²) in [5.74, 6) is -0.856. The van der Waals surface area contributed by atoms with Crippen molar-refractivity contribution in [1.29, 1.82) is 0 Å². The van der Waals surface area contributed by atoms with E-state index in [0.717, 1.165) is 30.6 Å². The first-order chi connectivity index (χ1) is 9.70. The number of rotatable bonds is 4. The number of aromatic nitrogens is 1. The lowest BCUT2D eigenvalue weighted by Gasteiger charge is -2.12. The first kappa shape index (κ1) is 13.0. The van der Waals surface area contributed by atoms with E-state index < -0.39 is 5.97 Å². The Balaban J connectivity index is 2.07. The summed E-state index contributed by atoms with van der Waals surface area (Å²) in [7, 11) is 0. The van der Waals surface area contributed by atoms with Crippen molar-refractivity contribution in [2.75, 3.05) is 0 Å². The summed E-state index contributed by atoms with van der Waals surface area (Å²) in [4.78, 5) is 11.3. The third-order valence-electron chi connectivity index (χ3n) is 4.04. The van der Waals surface area contributed by atoms with Crippen molar-refractivity contribution in [3.63, 3.8) is 0 Å². The number of benzene rings is 1. The van der Waals surface area contributed by atoms with Gasteiger partial charge in [-0.15, -0.1) is 0 Å². The molecule has 0 unspecified atom stereocenters. The molecular weight excluding hydrogens is 250 g/mol. The van der Waals surface area contributed by atoms with Crippen molar-refractivity contribution in [1.82, 2.24) is 4.57 Å². The molecule has 1 aliphatic carbocycles. The summed E-state index contributed by atoms with van der Waals surface area (Å²) in [5, 5.41) is 9.29. The van der Waals surface area contributed by atoms with Crippen LogP contribution in [0.3, 0.4) is 0 Å². The van der Waals surface area contributed by atoms with Crippen LogP contribution in [0.25, 0.3) is 11.3 Å². The van der Waals surface area contributed by atoms with E-state index in [9.17, 15) is 9.90 Å². The highest BCUT2D eigenvalue weighted by molar-refractivity contribution is 5.87. The lowest BCUT2D eigenvalue weighted by molar-refractivity contribution is 0.0685. The van der Waals surface area contributed by atoms with E-state index in [1.807, 2.05) is 10.6 Å². The van der Waals surface area contributed by atoms with Crippen LogP contribution in [-0.4, -0.2) is 15.6 Å². The van der Waals surface area contributed by atoms with Gasteiger partial charge in [-0.2, -0.15) is 0 Å². The van der Waals surface area contributed by atoms with Crippen LogP contribution in [0.4, 0.5) is 0 Å². The maximum absolute atomic E-state index is 11.3. The topological polar surface area (TPSA) is 42.2 Å². The molecule has 0 amide bonds. The molecule has 0 saturated carbocycles. The normalized spacial score (nSPS) is 13.4. The highest BCUT2D eigenvalue weighted by Gasteiger charge is 2.17. The van der Waals surface area contributed by atoms with Gasteiger partial charge in [0.25, 0.3) is 0 Å². The van der Waals surface area contributed by atoms with Gasteiger partial charge in [0.1, 0.15) is 5.69 Å². The fraction of sp³-hybridized carbons (Fsp3) is 0.353. The summed E-state index contributed by atoms with van der Waals surface area (Å²) in [6.07, 6.45) is 4.47. The molecule has 0 bridgehead atoms. The number of carboxylic acid groups (broad SMARTS) is 1. The van der Waals surface area contributed by atoms with E-state index in [4.69, 9.17) is 0 Å². The minimum atomic E-state index is -0.856. The van der Waals surface area contributed by atoms with Crippen LogP contribution in [0.2, 0.25) is 0 Å². The number of aromatic carboxylic acids is 1. The molecule has 0 fully saturated rings. The van der Waals surface area contributed by atoms with Gasteiger partial charge < -0.3 is 9.67 Å². The predicted molar refractivity (Wildman–Crippen MR) is 79.1 cm³/mol. The lowest BCUT2D eigenvalue weighted by Crippen LogP contribution is -2.09. The van der Waals surface area contributed by atoms with Crippen LogP contribution in [0, 0.1) is 0 Å². The molecule has 0 atom stereocenters. The van der Waals surface area contributed by atoms with E-state index in [1.54, 1.807) is 6.07 Å². The van der Waals surface area contributed by atoms with Crippen molar-refractivity contribution in [3.05, 3.63) is 47.2 Å². The van der Waals surface area contributed by atoms with Gasteiger partial charge in [0, 0.05) is 12.2 Å². The van der Waals surface area contributed by atoms with E-state index in [2.05, 4.69) is 25.1 Å².